The molecule has 0 aliphatic carbocycles. The largest absolute Gasteiger partial charge is 0.460 e. The maximum absolute atomic E-state index is 12.8. The molecule has 0 aliphatic rings. The average Bonchev–Trinajstić information content (AvgIpc) is 3.20. The smallest absolute Gasteiger partial charge is 0.420 e. The van der Waals surface area contributed by atoms with E-state index in [2.05, 4.69) is 10.3 Å². The molecule has 8 nitrogen and oxygen atoms in total. The van der Waals surface area contributed by atoms with Crippen molar-refractivity contribution in [2.24, 2.45) is 5.92 Å². The number of nitrogens with one attached hydrogen (secondary N) is 1. The number of anilines is 1. The van der Waals surface area contributed by atoms with Crippen LogP contribution < -0.4 is 5.32 Å². The molecule has 0 bridgehead atoms. The number of ketones is 1. The van der Waals surface area contributed by atoms with E-state index < -0.39 is 23.2 Å². The van der Waals surface area contributed by atoms with E-state index in [-0.39, 0.29) is 24.6 Å². The van der Waals surface area contributed by atoms with Gasteiger partial charge in [-0.25, -0.2) is 14.3 Å². The molecule has 1 N–H and O–H groups in total. The van der Waals surface area contributed by atoms with E-state index in [4.69, 9.17) is 9.47 Å². The van der Waals surface area contributed by atoms with Crippen LogP contribution in [0.3, 0.4) is 0 Å². The fourth-order valence-electron chi connectivity index (χ4n) is 3.82. The molecule has 1 atom stereocenters. The number of imidazole rings is 1. The van der Waals surface area contributed by atoms with Gasteiger partial charge < -0.3 is 14.8 Å². The van der Waals surface area contributed by atoms with Crippen molar-refractivity contribution in [1.29, 1.82) is 0 Å². The Bertz CT molecular complexity index is 1240. The van der Waals surface area contributed by atoms with E-state index in [1.54, 1.807) is 32.9 Å². The number of hydrogen-bond donors (Lipinski definition) is 1. The molecule has 8 heteroatoms. The average molecular weight is 508 g/mol. The van der Waals surface area contributed by atoms with E-state index in [0.717, 1.165) is 11.3 Å². The van der Waals surface area contributed by atoms with E-state index in [0.29, 0.717) is 24.0 Å². The van der Waals surface area contributed by atoms with Crippen LogP contribution in [0.25, 0.3) is 11.0 Å². The van der Waals surface area contributed by atoms with Crippen LogP contribution in [-0.2, 0) is 25.5 Å². The lowest BCUT2D eigenvalue weighted by Crippen LogP contribution is -2.31. The van der Waals surface area contributed by atoms with Crippen LogP contribution in [0, 0.1) is 5.92 Å². The lowest BCUT2D eigenvalue weighted by atomic mass is 9.93. The van der Waals surface area contributed by atoms with Crippen molar-refractivity contribution in [2.75, 3.05) is 11.9 Å². The second-order valence-corrected chi connectivity index (χ2v) is 11.1. The molecule has 2 aromatic carbocycles. The minimum Gasteiger partial charge on any atom is -0.460 e. The summed E-state index contributed by atoms with van der Waals surface area (Å²) >= 11 is 0. The summed E-state index contributed by atoms with van der Waals surface area (Å²) in [5, 5.41) is 3.23. The van der Waals surface area contributed by atoms with Crippen LogP contribution in [-0.4, -0.2) is 45.1 Å². The van der Waals surface area contributed by atoms with Gasteiger partial charge in [0.1, 0.15) is 23.3 Å². The molecule has 37 heavy (non-hydrogen) atoms. The van der Waals surface area contributed by atoms with Crippen LogP contribution in [0.1, 0.15) is 59.9 Å². The Morgan fingerprint density at radius 3 is 2.27 bits per heavy atom. The summed E-state index contributed by atoms with van der Waals surface area (Å²) in [6.07, 6.45) is 1.73. The van der Waals surface area contributed by atoms with Crippen molar-refractivity contribution in [2.45, 2.75) is 72.0 Å². The van der Waals surface area contributed by atoms with Crippen LogP contribution in [0.4, 0.5) is 10.5 Å². The monoisotopic (exact) mass is 507 g/mol. The van der Waals surface area contributed by atoms with E-state index in [1.807, 2.05) is 57.2 Å². The summed E-state index contributed by atoms with van der Waals surface area (Å²) in [6.45, 7) is 11.3. The standard InChI is InChI=1S/C29H37N3O5/c1-28(2,3)36-26(34)21(16-20-10-8-7-9-11-20)17-23(33)14-15-30-22-12-13-24-25(18-22)32(19-31-24)27(35)37-29(4,5)6/h7-13,18-19,21,30H,14-17H2,1-6H3. The maximum atomic E-state index is 12.8. The van der Waals surface area contributed by atoms with Gasteiger partial charge in [0, 0.05) is 25.1 Å². The van der Waals surface area contributed by atoms with E-state index >= 15 is 0 Å². The summed E-state index contributed by atoms with van der Waals surface area (Å²) in [5.41, 5.74) is 1.76. The van der Waals surface area contributed by atoms with Gasteiger partial charge >= 0.3 is 12.1 Å². The van der Waals surface area contributed by atoms with Gasteiger partial charge in [0.05, 0.1) is 17.0 Å². The number of Topliss-reactive ketones (excluding diaryl/α,β-unsaturated/α-hetero) is 1. The van der Waals surface area contributed by atoms with Gasteiger partial charge in [-0.1, -0.05) is 30.3 Å². The quantitative estimate of drug-likeness (QED) is 0.366. The Balaban J connectivity index is 1.62. The van der Waals surface area contributed by atoms with Gasteiger partial charge in [0.2, 0.25) is 0 Å². The summed E-state index contributed by atoms with van der Waals surface area (Å²) < 4.78 is 12.4. The summed E-state index contributed by atoms with van der Waals surface area (Å²) in [4.78, 5) is 42.4. The highest BCUT2D eigenvalue weighted by Gasteiger charge is 2.27. The molecule has 0 spiro atoms. The van der Waals surface area contributed by atoms with Gasteiger partial charge in [-0.2, -0.15) is 0 Å². The van der Waals surface area contributed by atoms with Crippen molar-refractivity contribution in [3.63, 3.8) is 0 Å². The topological polar surface area (TPSA) is 99.5 Å². The maximum Gasteiger partial charge on any atom is 0.420 e. The molecular weight excluding hydrogens is 470 g/mol. The molecule has 0 fully saturated rings. The molecule has 1 heterocycles. The number of esters is 1. The molecule has 198 valence electrons. The van der Waals surface area contributed by atoms with Gasteiger partial charge in [0.25, 0.3) is 0 Å². The number of carbonyl (C=O) groups excluding carboxylic acids is 3. The molecule has 0 amide bonds. The Kier molecular flexibility index (Phi) is 8.73. The second-order valence-electron chi connectivity index (χ2n) is 11.1. The number of rotatable bonds is 9. The highest BCUT2D eigenvalue weighted by molar-refractivity contribution is 5.89. The number of carbonyl (C=O) groups is 3. The predicted molar refractivity (Wildman–Crippen MR) is 144 cm³/mol. The van der Waals surface area contributed by atoms with Gasteiger partial charge in [-0.3, -0.25) is 9.59 Å². The predicted octanol–water partition coefficient (Wildman–Crippen LogP) is 5.78. The summed E-state index contributed by atoms with van der Waals surface area (Å²) in [5.74, 6) is -0.939. The van der Waals surface area contributed by atoms with Crippen molar-refractivity contribution in [3.8, 4) is 0 Å². The van der Waals surface area contributed by atoms with Crippen molar-refractivity contribution in [1.82, 2.24) is 9.55 Å². The zero-order valence-corrected chi connectivity index (χ0v) is 22.5. The zero-order valence-electron chi connectivity index (χ0n) is 22.5. The van der Waals surface area contributed by atoms with Crippen LogP contribution >= 0.6 is 0 Å². The molecule has 0 saturated carbocycles. The molecule has 1 aromatic heterocycles. The molecule has 0 radical (unpaired) electrons. The first-order chi connectivity index (χ1) is 17.3. The Morgan fingerprint density at radius 1 is 0.946 bits per heavy atom. The van der Waals surface area contributed by atoms with Crippen molar-refractivity contribution >= 4 is 34.6 Å². The van der Waals surface area contributed by atoms with Crippen molar-refractivity contribution < 1.29 is 23.9 Å². The summed E-state index contributed by atoms with van der Waals surface area (Å²) in [6, 6.07) is 15.1. The van der Waals surface area contributed by atoms with Gasteiger partial charge in [0.15, 0.2) is 0 Å². The normalized spacial score (nSPS) is 12.7. The number of nitrogens with zero attached hydrogens (tertiary/aromatic N) is 2. The molecule has 3 rings (SSSR count). The number of hydrogen-bond acceptors (Lipinski definition) is 7. The molecule has 3 aromatic rings. The first-order valence-electron chi connectivity index (χ1n) is 12.5. The van der Waals surface area contributed by atoms with Crippen LogP contribution in [0.5, 0.6) is 0 Å². The summed E-state index contributed by atoms with van der Waals surface area (Å²) in [7, 11) is 0. The fourth-order valence-corrected chi connectivity index (χ4v) is 3.82. The number of fused-ring (bicyclic) bond motifs is 1. The molecule has 1 unspecified atom stereocenters. The second kappa shape index (κ2) is 11.6. The fraction of sp³-hybridized carbons (Fsp3) is 0.448. The molecular formula is C29H37N3O5. The third kappa shape index (κ3) is 8.74. The lowest BCUT2D eigenvalue weighted by Gasteiger charge is -2.24. The molecule has 0 saturated heterocycles. The third-order valence-corrected chi connectivity index (χ3v) is 5.41. The molecule has 0 aliphatic heterocycles. The Morgan fingerprint density at radius 2 is 1.62 bits per heavy atom. The number of ether oxygens (including phenoxy) is 2. The zero-order chi connectivity index (χ0) is 27.2. The van der Waals surface area contributed by atoms with E-state index in [1.165, 1.54) is 10.9 Å². The first-order valence-corrected chi connectivity index (χ1v) is 12.5. The van der Waals surface area contributed by atoms with Crippen LogP contribution in [0.15, 0.2) is 54.9 Å². The number of benzene rings is 2. The van der Waals surface area contributed by atoms with Gasteiger partial charge in [-0.05, 0) is 71.7 Å². The lowest BCUT2D eigenvalue weighted by molar-refractivity contribution is -0.161. The first kappa shape index (κ1) is 27.9. The highest BCUT2D eigenvalue weighted by atomic mass is 16.6. The SMILES string of the molecule is CC(C)(C)OC(=O)C(CC(=O)CCNc1ccc2ncn(C(=O)OC(C)(C)C)c2c1)Cc1ccccc1. The Hall–Kier alpha value is -3.68. The van der Waals surface area contributed by atoms with E-state index in [9.17, 15) is 14.4 Å². The van der Waals surface area contributed by atoms with Gasteiger partial charge in [-0.15, -0.1) is 0 Å². The highest BCUT2D eigenvalue weighted by Crippen LogP contribution is 2.22. The third-order valence-electron chi connectivity index (χ3n) is 5.41. The van der Waals surface area contributed by atoms with Crippen LogP contribution in [0.2, 0.25) is 0 Å². The minimum atomic E-state index is -0.624. The van der Waals surface area contributed by atoms with Crippen molar-refractivity contribution in [3.05, 3.63) is 60.4 Å². The number of aromatic nitrogens is 2. The minimum absolute atomic E-state index is 0.0286. The Labute approximate surface area is 218 Å².